The number of nitrogens with zero attached hydrogens (tertiary/aromatic N) is 1. The molecule has 4 heteroatoms. The molecule has 1 amide bonds. The van der Waals surface area contributed by atoms with Crippen LogP contribution in [0.4, 0.5) is 0 Å². The normalized spacial score (nSPS) is 27.8. The molecule has 3 unspecified atom stereocenters. The molecule has 0 aromatic carbocycles. The van der Waals surface area contributed by atoms with Crippen molar-refractivity contribution in [1.29, 1.82) is 0 Å². The number of carbonyl (C=O) groups excluding carboxylic acids is 1. The second kappa shape index (κ2) is 5.15. The van der Waals surface area contributed by atoms with Gasteiger partial charge in [-0.05, 0) is 51.6 Å². The van der Waals surface area contributed by atoms with Crippen LogP contribution in [0.1, 0.15) is 33.1 Å². The van der Waals surface area contributed by atoms with Crippen LogP contribution in [0.5, 0.6) is 0 Å². The summed E-state index contributed by atoms with van der Waals surface area (Å²) in [6, 6.07) is 0. The molecule has 0 aromatic heterocycles. The topological polar surface area (TPSA) is 72.3 Å². The van der Waals surface area contributed by atoms with Crippen molar-refractivity contribution in [1.82, 2.24) is 4.90 Å². The Balaban J connectivity index is 2.12. The van der Waals surface area contributed by atoms with Gasteiger partial charge in [-0.3, -0.25) is 4.79 Å². The molecule has 3 atom stereocenters. The summed E-state index contributed by atoms with van der Waals surface area (Å²) in [7, 11) is 2.13. The zero-order valence-corrected chi connectivity index (χ0v) is 10.7. The Kier molecular flexibility index (Phi) is 4.33. The van der Waals surface area contributed by atoms with Crippen LogP contribution < -0.4 is 11.5 Å². The maximum Gasteiger partial charge on any atom is 0.237 e. The number of amides is 1. The van der Waals surface area contributed by atoms with E-state index in [2.05, 4.69) is 18.9 Å². The van der Waals surface area contributed by atoms with Gasteiger partial charge in [-0.2, -0.15) is 0 Å². The number of hydrogen-bond acceptors (Lipinski definition) is 3. The van der Waals surface area contributed by atoms with Crippen molar-refractivity contribution in [3.63, 3.8) is 0 Å². The average Bonchev–Trinajstić information content (AvgIpc) is 2.80. The van der Waals surface area contributed by atoms with Gasteiger partial charge in [0.1, 0.15) is 0 Å². The Morgan fingerprint density at radius 2 is 2.12 bits per heavy atom. The fourth-order valence-electron chi connectivity index (χ4n) is 1.98. The van der Waals surface area contributed by atoms with Crippen LogP contribution >= 0.6 is 0 Å². The zero-order chi connectivity index (χ0) is 12.3. The third-order valence-corrected chi connectivity index (χ3v) is 3.62. The molecule has 0 radical (unpaired) electrons. The summed E-state index contributed by atoms with van der Waals surface area (Å²) in [5.41, 5.74) is 10.2. The monoisotopic (exact) mass is 227 g/mol. The maximum atomic E-state index is 11.0. The van der Waals surface area contributed by atoms with Crippen molar-refractivity contribution in [3.05, 3.63) is 0 Å². The summed E-state index contributed by atoms with van der Waals surface area (Å²) in [5.74, 6) is 1.37. The van der Waals surface area contributed by atoms with E-state index in [1.807, 2.05) is 0 Å². The summed E-state index contributed by atoms with van der Waals surface area (Å²) in [6.45, 7) is 6.16. The van der Waals surface area contributed by atoms with Crippen molar-refractivity contribution < 1.29 is 4.79 Å². The average molecular weight is 227 g/mol. The highest BCUT2D eigenvalue weighted by molar-refractivity contribution is 5.83. The van der Waals surface area contributed by atoms with Crippen molar-refractivity contribution in [2.75, 3.05) is 20.1 Å². The molecule has 0 aromatic rings. The Labute approximate surface area is 98.3 Å². The molecule has 1 fully saturated rings. The molecule has 0 aliphatic heterocycles. The van der Waals surface area contributed by atoms with Gasteiger partial charge in [0.25, 0.3) is 0 Å². The molecule has 94 valence electrons. The second-order valence-corrected chi connectivity index (χ2v) is 5.62. The summed E-state index contributed by atoms with van der Waals surface area (Å²) in [5, 5.41) is 0. The molecule has 0 spiro atoms. The van der Waals surface area contributed by atoms with Gasteiger partial charge in [0.15, 0.2) is 0 Å². The first-order chi connectivity index (χ1) is 7.33. The molecule has 4 nitrogen and oxygen atoms in total. The van der Waals surface area contributed by atoms with E-state index in [0.29, 0.717) is 6.42 Å². The van der Waals surface area contributed by atoms with Gasteiger partial charge in [0.2, 0.25) is 5.91 Å². The van der Waals surface area contributed by atoms with E-state index < -0.39 is 11.4 Å². The largest absolute Gasteiger partial charge is 0.368 e. The molecule has 0 saturated heterocycles. The third kappa shape index (κ3) is 4.10. The summed E-state index contributed by atoms with van der Waals surface area (Å²) < 4.78 is 0. The summed E-state index contributed by atoms with van der Waals surface area (Å²) in [4.78, 5) is 13.3. The van der Waals surface area contributed by atoms with Crippen LogP contribution in [0.3, 0.4) is 0 Å². The van der Waals surface area contributed by atoms with E-state index >= 15 is 0 Å². The molecule has 0 bridgehead atoms. The van der Waals surface area contributed by atoms with E-state index in [1.54, 1.807) is 6.92 Å². The zero-order valence-electron chi connectivity index (χ0n) is 10.7. The van der Waals surface area contributed by atoms with Gasteiger partial charge < -0.3 is 16.4 Å². The third-order valence-electron chi connectivity index (χ3n) is 3.62. The van der Waals surface area contributed by atoms with Crippen LogP contribution in [0.15, 0.2) is 0 Å². The number of hydrogen-bond donors (Lipinski definition) is 2. The maximum absolute atomic E-state index is 11.0. The summed E-state index contributed by atoms with van der Waals surface area (Å²) in [6.07, 6.45) is 2.95. The van der Waals surface area contributed by atoms with Gasteiger partial charge in [0.05, 0.1) is 5.54 Å². The minimum absolute atomic E-state index is 0.411. The van der Waals surface area contributed by atoms with E-state index in [0.717, 1.165) is 24.8 Å². The second-order valence-electron chi connectivity index (χ2n) is 5.62. The van der Waals surface area contributed by atoms with Crippen molar-refractivity contribution in [2.45, 2.75) is 38.6 Å². The van der Waals surface area contributed by atoms with E-state index in [1.165, 1.54) is 13.0 Å². The standard InChI is InChI=1S/C12H25N3O/c1-9-7-10(9)8-15(3)6-4-5-12(2,14)11(13)16/h9-10H,4-8,14H2,1-3H3,(H2,13,16). The van der Waals surface area contributed by atoms with Gasteiger partial charge in [-0.1, -0.05) is 6.92 Å². The highest BCUT2D eigenvalue weighted by Crippen LogP contribution is 2.37. The molecule has 1 aliphatic carbocycles. The molecule has 1 rings (SSSR count). The molecule has 4 N–H and O–H groups in total. The molecule has 0 heterocycles. The Bertz CT molecular complexity index is 253. The van der Waals surface area contributed by atoms with Crippen molar-refractivity contribution in [3.8, 4) is 0 Å². The minimum Gasteiger partial charge on any atom is -0.368 e. The Hall–Kier alpha value is -0.610. The first-order valence-corrected chi connectivity index (χ1v) is 6.10. The lowest BCUT2D eigenvalue weighted by Gasteiger charge is -2.22. The van der Waals surface area contributed by atoms with Gasteiger partial charge in [-0.15, -0.1) is 0 Å². The first-order valence-electron chi connectivity index (χ1n) is 6.10. The summed E-state index contributed by atoms with van der Waals surface area (Å²) >= 11 is 0. The number of rotatable bonds is 7. The Morgan fingerprint density at radius 1 is 1.56 bits per heavy atom. The van der Waals surface area contributed by atoms with Crippen molar-refractivity contribution >= 4 is 5.91 Å². The molecule has 1 aliphatic rings. The highest BCUT2D eigenvalue weighted by Gasteiger charge is 2.33. The van der Waals surface area contributed by atoms with Crippen molar-refractivity contribution in [2.24, 2.45) is 23.3 Å². The van der Waals surface area contributed by atoms with Gasteiger partial charge >= 0.3 is 0 Å². The predicted molar refractivity (Wildman–Crippen MR) is 65.8 cm³/mol. The minimum atomic E-state index is -0.853. The quantitative estimate of drug-likeness (QED) is 0.667. The number of primary amides is 1. The lowest BCUT2D eigenvalue weighted by Crippen LogP contribution is -2.49. The van der Waals surface area contributed by atoms with E-state index in [-0.39, 0.29) is 0 Å². The molecular weight excluding hydrogens is 202 g/mol. The Morgan fingerprint density at radius 3 is 2.56 bits per heavy atom. The fraction of sp³-hybridized carbons (Fsp3) is 0.917. The number of carbonyl (C=O) groups is 1. The predicted octanol–water partition coefficient (Wildman–Crippen LogP) is 0.557. The highest BCUT2D eigenvalue weighted by atomic mass is 16.1. The van der Waals surface area contributed by atoms with E-state index in [9.17, 15) is 4.79 Å². The van der Waals surface area contributed by atoms with Gasteiger partial charge in [-0.25, -0.2) is 0 Å². The fourth-order valence-corrected chi connectivity index (χ4v) is 1.98. The van der Waals surface area contributed by atoms with E-state index in [4.69, 9.17) is 11.5 Å². The lowest BCUT2D eigenvalue weighted by molar-refractivity contribution is -0.122. The van der Waals surface area contributed by atoms with Gasteiger partial charge in [0, 0.05) is 6.54 Å². The number of nitrogens with two attached hydrogens (primary N) is 2. The molecule has 1 saturated carbocycles. The molecule has 16 heavy (non-hydrogen) atoms. The van der Waals surface area contributed by atoms with Crippen LogP contribution in [0.2, 0.25) is 0 Å². The molecular formula is C12H25N3O. The van der Waals surface area contributed by atoms with Crippen LogP contribution in [0.25, 0.3) is 0 Å². The van der Waals surface area contributed by atoms with Crippen LogP contribution in [-0.4, -0.2) is 36.5 Å². The van der Waals surface area contributed by atoms with Crippen LogP contribution in [0, 0.1) is 11.8 Å². The SMILES string of the molecule is CC1CC1CN(C)CCCC(C)(N)C(N)=O. The lowest BCUT2D eigenvalue weighted by atomic mass is 9.96. The van der Waals surface area contributed by atoms with Crippen LogP contribution in [-0.2, 0) is 4.79 Å². The smallest absolute Gasteiger partial charge is 0.237 e. The first kappa shape index (κ1) is 13.5.